The van der Waals surface area contributed by atoms with E-state index in [4.69, 9.17) is 4.74 Å². The molecule has 1 fully saturated rings. The molecule has 2 aromatic rings. The lowest BCUT2D eigenvalue weighted by atomic mass is 10.2. The summed E-state index contributed by atoms with van der Waals surface area (Å²) in [6.07, 6.45) is 1.38. The van der Waals surface area contributed by atoms with Crippen LogP contribution in [0.3, 0.4) is 0 Å². The van der Waals surface area contributed by atoms with Crippen molar-refractivity contribution in [3.8, 4) is 0 Å². The molecule has 1 N–H and O–H groups in total. The third-order valence-electron chi connectivity index (χ3n) is 4.38. The van der Waals surface area contributed by atoms with Crippen molar-refractivity contribution >= 4 is 15.9 Å². The molecule has 140 valence electrons. The minimum atomic E-state index is -3.61. The van der Waals surface area contributed by atoms with Gasteiger partial charge in [-0.1, -0.05) is 30.3 Å². The van der Waals surface area contributed by atoms with Gasteiger partial charge in [-0.05, 0) is 18.6 Å². The highest BCUT2D eigenvalue weighted by Crippen LogP contribution is 2.19. The van der Waals surface area contributed by atoms with E-state index in [1.54, 1.807) is 4.90 Å². The van der Waals surface area contributed by atoms with Crippen molar-refractivity contribution < 1.29 is 17.9 Å². The maximum atomic E-state index is 12.8. The lowest BCUT2D eigenvalue weighted by Crippen LogP contribution is -2.40. The van der Waals surface area contributed by atoms with Crippen LogP contribution in [-0.2, 0) is 21.3 Å². The van der Waals surface area contributed by atoms with Crippen LogP contribution in [0.15, 0.2) is 47.5 Å². The molecular formula is C18H23N3O4S. The van der Waals surface area contributed by atoms with E-state index in [1.165, 1.54) is 16.6 Å². The molecule has 7 nitrogen and oxygen atoms in total. The van der Waals surface area contributed by atoms with Crippen molar-refractivity contribution in [2.24, 2.45) is 0 Å². The van der Waals surface area contributed by atoms with Crippen LogP contribution in [0, 0.1) is 0 Å². The van der Waals surface area contributed by atoms with E-state index in [0.717, 1.165) is 5.56 Å². The third kappa shape index (κ3) is 3.98. The van der Waals surface area contributed by atoms with Crippen molar-refractivity contribution in [2.45, 2.75) is 18.4 Å². The molecule has 0 radical (unpaired) electrons. The first-order valence-electron chi connectivity index (χ1n) is 8.62. The molecule has 1 aromatic carbocycles. The van der Waals surface area contributed by atoms with Gasteiger partial charge in [0.25, 0.3) is 5.91 Å². The highest BCUT2D eigenvalue weighted by Gasteiger charge is 2.28. The average Bonchev–Trinajstić information content (AvgIpc) is 3.18. The fraction of sp³-hybridized carbons (Fsp3) is 0.389. The van der Waals surface area contributed by atoms with Gasteiger partial charge in [0.05, 0.1) is 13.2 Å². The van der Waals surface area contributed by atoms with Crippen molar-refractivity contribution in [1.82, 2.24) is 14.2 Å². The van der Waals surface area contributed by atoms with Gasteiger partial charge < -0.3 is 14.6 Å². The first-order valence-corrected chi connectivity index (χ1v) is 10.1. The van der Waals surface area contributed by atoms with Gasteiger partial charge in [0.2, 0.25) is 10.0 Å². The van der Waals surface area contributed by atoms with E-state index in [0.29, 0.717) is 39.4 Å². The van der Waals surface area contributed by atoms with E-state index in [-0.39, 0.29) is 16.5 Å². The van der Waals surface area contributed by atoms with Gasteiger partial charge in [-0.15, -0.1) is 0 Å². The summed E-state index contributed by atoms with van der Waals surface area (Å²) >= 11 is 0. The second-order valence-corrected chi connectivity index (χ2v) is 8.01. The number of H-pyrrole nitrogens is 1. The molecule has 0 spiro atoms. The molecular weight excluding hydrogens is 354 g/mol. The van der Waals surface area contributed by atoms with Crippen LogP contribution in [0.2, 0.25) is 0 Å². The number of aromatic amines is 1. The Labute approximate surface area is 153 Å². The van der Waals surface area contributed by atoms with Crippen molar-refractivity contribution in [1.29, 1.82) is 0 Å². The van der Waals surface area contributed by atoms with Crippen molar-refractivity contribution in [3.63, 3.8) is 0 Å². The first kappa shape index (κ1) is 18.6. The number of nitrogens with zero attached hydrogens (tertiary/aromatic N) is 2. The molecule has 1 aliphatic heterocycles. The summed E-state index contributed by atoms with van der Waals surface area (Å²) in [5, 5.41) is 0. The predicted octanol–water partition coefficient (Wildman–Crippen LogP) is 1.70. The van der Waals surface area contributed by atoms with Gasteiger partial charge >= 0.3 is 0 Å². The van der Waals surface area contributed by atoms with E-state index < -0.39 is 10.0 Å². The third-order valence-corrected chi connectivity index (χ3v) is 6.26. The number of amides is 1. The number of morpholine rings is 1. The number of aromatic nitrogens is 1. The molecule has 1 amide bonds. The summed E-state index contributed by atoms with van der Waals surface area (Å²) in [5.41, 5.74) is 1.30. The Hall–Kier alpha value is -2.16. The van der Waals surface area contributed by atoms with Crippen LogP contribution in [0.5, 0.6) is 0 Å². The van der Waals surface area contributed by atoms with Gasteiger partial charge in [0.15, 0.2) is 0 Å². The Bertz CT molecular complexity index is 842. The number of nitrogens with one attached hydrogen (secondary N) is 1. The van der Waals surface area contributed by atoms with E-state index in [2.05, 4.69) is 4.98 Å². The Morgan fingerprint density at radius 2 is 1.92 bits per heavy atom. The number of sulfonamides is 1. The highest BCUT2D eigenvalue weighted by molar-refractivity contribution is 7.89. The number of carbonyl (C=O) groups is 1. The SMILES string of the molecule is CCN(Cc1ccccc1)C(=O)c1cc(S(=O)(=O)N2CCOCC2)c[nH]1. The van der Waals surface area contributed by atoms with Gasteiger partial charge in [0, 0.05) is 32.4 Å². The topological polar surface area (TPSA) is 82.7 Å². The van der Waals surface area contributed by atoms with Crippen LogP contribution in [-0.4, -0.2) is 61.4 Å². The summed E-state index contributed by atoms with van der Waals surface area (Å²) in [7, 11) is -3.61. The summed E-state index contributed by atoms with van der Waals surface area (Å²) in [5.74, 6) is -0.222. The van der Waals surface area contributed by atoms with E-state index >= 15 is 0 Å². The molecule has 0 atom stereocenters. The molecule has 1 aromatic heterocycles. The van der Waals surface area contributed by atoms with E-state index in [1.807, 2.05) is 37.3 Å². The number of rotatable bonds is 6. The summed E-state index contributed by atoms with van der Waals surface area (Å²) in [6, 6.07) is 11.1. The quantitative estimate of drug-likeness (QED) is 0.831. The van der Waals surface area contributed by atoms with Crippen molar-refractivity contribution in [3.05, 3.63) is 53.9 Å². The molecule has 0 bridgehead atoms. The normalized spacial score (nSPS) is 15.7. The maximum absolute atomic E-state index is 12.8. The van der Waals surface area contributed by atoms with Crippen LogP contribution in [0.25, 0.3) is 0 Å². The molecule has 0 unspecified atom stereocenters. The Morgan fingerprint density at radius 1 is 1.23 bits per heavy atom. The van der Waals surface area contributed by atoms with Crippen LogP contribution in [0.4, 0.5) is 0 Å². The van der Waals surface area contributed by atoms with Crippen LogP contribution < -0.4 is 0 Å². The van der Waals surface area contributed by atoms with Gasteiger partial charge in [-0.25, -0.2) is 8.42 Å². The minimum Gasteiger partial charge on any atom is -0.379 e. The van der Waals surface area contributed by atoms with Crippen LogP contribution in [0.1, 0.15) is 23.0 Å². The number of hydrogen-bond acceptors (Lipinski definition) is 4. The molecule has 3 rings (SSSR count). The zero-order valence-electron chi connectivity index (χ0n) is 14.7. The number of carbonyl (C=O) groups excluding carboxylic acids is 1. The fourth-order valence-corrected chi connectivity index (χ4v) is 4.29. The van der Waals surface area contributed by atoms with Crippen molar-refractivity contribution in [2.75, 3.05) is 32.8 Å². The summed E-state index contributed by atoms with van der Waals surface area (Å²) in [6.45, 7) is 4.32. The van der Waals surface area contributed by atoms with Gasteiger partial charge in [0.1, 0.15) is 10.6 Å². The number of benzene rings is 1. The predicted molar refractivity (Wildman–Crippen MR) is 97.2 cm³/mol. The minimum absolute atomic E-state index is 0.110. The molecule has 0 saturated carbocycles. The molecule has 1 saturated heterocycles. The second kappa shape index (κ2) is 8.03. The highest BCUT2D eigenvalue weighted by atomic mass is 32.2. The van der Waals surface area contributed by atoms with Crippen LogP contribution >= 0.6 is 0 Å². The van der Waals surface area contributed by atoms with Gasteiger partial charge in [-0.2, -0.15) is 4.31 Å². The lowest BCUT2D eigenvalue weighted by molar-refractivity contribution is 0.0730. The smallest absolute Gasteiger partial charge is 0.270 e. The molecule has 1 aliphatic rings. The summed E-state index contributed by atoms with van der Waals surface area (Å²) in [4.78, 5) is 17.4. The maximum Gasteiger partial charge on any atom is 0.270 e. The standard InChI is InChI=1S/C18H23N3O4S/c1-2-20(14-15-6-4-3-5-7-15)18(22)17-12-16(13-19-17)26(23,24)21-8-10-25-11-9-21/h3-7,12-13,19H,2,8-11,14H2,1H3. The first-order chi connectivity index (χ1) is 12.5. The van der Waals surface area contributed by atoms with Gasteiger partial charge in [-0.3, -0.25) is 4.79 Å². The largest absolute Gasteiger partial charge is 0.379 e. The molecule has 0 aliphatic carbocycles. The Kier molecular flexibility index (Phi) is 5.75. The lowest BCUT2D eigenvalue weighted by Gasteiger charge is -2.25. The zero-order chi connectivity index (χ0) is 18.6. The fourth-order valence-electron chi connectivity index (χ4n) is 2.88. The number of hydrogen-bond donors (Lipinski definition) is 1. The summed E-state index contributed by atoms with van der Waals surface area (Å²) < 4.78 is 31.9. The zero-order valence-corrected chi connectivity index (χ0v) is 15.5. The molecule has 2 heterocycles. The monoisotopic (exact) mass is 377 g/mol. The second-order valence-electron chi connectivity index (χ2n) is 6.07. The number of ether oxygens (including phenoxy) is 1. The molecule has 8 heteroatoms. The Morgan fingerprint density at radius 3 is 2.58 bits per heavy atom. The Balaban J connectivity index is 1.76. The average molecular weight is 377 g/mol. The molecule has 26 heavy (non-hydrogen) atoms. The van der Waals surface area contributed by atoms with E-state index in [9.17, 15) is 13.2 Å².